The van der Waals surface area contributed by atoms with Crippen molar-refractivity contribution < 1.29 is 19.1 Å². The summed E-state index contributed by atoms with van der Waals surface area (Å²) in [7, 11) is 0. The molecule has 0 radical (unpaired) electrons. The van der Waals surface area contributed by atoms with Crippen LogP contribution < -0.4 is 11.1 Å². The van der Waals surface area contributed by atoms with E-state index < -0.39 is 11.8 Å². The van der Waals surface area contributed by atoms with E-state index in [4.69, 9.17) is 10.8 Å². The van der Waals surface area contributed by atoms with Gasteiger partial charge < -0.3 is 16.2 Å². The monoisotopic (exact) mass is 272 g/mol. The van der Waals surface area contributed by atoms with Crippen LogP contribution in [0, 0.1) is 5.82 Å². The number of nitrogens with two attached hydrogens (primary N) is 1. The Hall–Kier alpha value is -1.76. The number of nitrogens with one attached hydrogen (secondary N) is 1. The lowest BCUT2D eigenvalue weighted by Gasteiger charge is -2.07. The maximum atomic E-state index is 13.5. The molecule has 0 saturated heterocycles. The van der Waals surface area contributed by atoms with E-state index in [-0.39, 0.29) is 27.8 Å². The first kappa shape index (κ1) is 14.3. The molecule has 0 saturated carbocycles. The van der Waals surface area contributed by atoms with Crippen LogP contribution in [0.1, 0.15) is 17.3 Å². The van der Waals surface area contributed by atoms with Crippen molar-refractivity contribution in [2.75, 3.05) is 18.0 Å². The van der Waals surface area contributed by atoms with Gasteiger partial charge in [0, 0.05) is 17.1 Å². The van der Waals surface area contributed by atoms with Crippen LogP contribution in [0.4, 0.5) is 10.1 Å². The molecule has 7 heteroatoms. The first-order valence-corrected chi connectivity index (χ1v) is 6.16. The summed E-state index contributed by atoms with van der Waals surface area (Å²) in [4.78, 5) is 22.1. The number of thioether (sulfide) groups is 1. The van der Waals surface area contributed by atoms with Crippen molar-refractivity contribution in [1.29, 1.82) is 0 Å². The average molecular weight is 272 g/mol. The second kappa shape index (κ2) is 6.25. The number of carboxylic acids is 1. The Bertz CT molecular complexity index is 480. The van der Waals surface area contributed by atoms with Crippen LogP contribution in [0.2, 0.25) is 0 Å². The Morgan fingerprint density at radius 1 is 1.50 bits per heavy atom. The highest BCUT2D eigenvalue weighted by Gasteiger charge is 2.14. The molecule has 0 spiro atoms. The fraction of sp³-hybridized carbons (Fsp3) is 0.273. The summed E-state index contributed by atoms with van der Waals surface area (Å²) in [5.74, 6) is -2.08. The molecule has 0 atom stereocenters. The largest absolute Gasteiger partial charge is 0.478 e. The zero-order valence-electron chi connectivity index (χ0n) is 9.70. The zero-order chi connectivity index (χ0) is 13.7. The number of nitrogen functional groups attached to an aromatic ring is 1. The zero-order valence-corrected chi connectivity index (χ0v) is 10.5. The summed E-state index contributed by atoms with van der Waals surface area (Å²) in [5.41, 5.74) is 5.08. The summed E-state index contributed by atoms with van der Waals surface area (Å²) in [6.07, 6.45) is 0. The van der Waals surface area contributed by atoms with Crippen LogP contribution in [-0.2, 0) is 4.79 Å². The number of amides is 1. The summed E-state index contributed by atoms with van der Waals surface area (Å²) < 4.78 is 13.5. The molecule has 98 valence electrons. The lowest BCUT2D eigenvalue weighted by Crippen LogP contribution is -2.24. The highest BCUT2D eigenvalue weighted by Crippen LogP contribution is 2.26. The SMILES string of the molecule is CCNC(=O)CSc1cc(C(=O)O)c(N)cc1F. The van der Waals surface area contributed by atoms with E-state index in [1.807, 2.05) is 0 Å². The maximum Gasteiger partial charge on any atom is 0.337 e. The van der Waals surface area contributed by atoms with Gasteiger partial charge in [0.15, 0.2) is 0 Å². The van der Waals surface area contributed by atoms with Crippen LogP contribution in [-0.4, -0.2) is 29.3 Å². The van der Waals surface area contributed by atoms with E-state index in [0.717, 1.165) is 23.9 Å². The summed E-state index contributed by atoms with van der Waals surface area (Å²) >= 11 is 0.929. The van der Waals surface area contributed by atoms with Crippen molar-refractivity contribution in [2.45, 2.75) is 11.8 Å². The number of carbonyl (C=O) groups is 2. The van der Waals surface area contributed by atoms with Gasteiger partial charge in [-0.1, -0.05) is 0 Å². The van der Waals surface area contributed by atoms with Crippen LogP contribution in [0.5, 0.6) is 0 Å². The van der Waals surface area contributed by atoms with E-state index in [0.29, 0.717) is 6.54 Å². The minimum absolute atomic E-state index is 0.0216. The first-order chi connectivity index (χ1) is 8.45. The number of hydrogen-bond acceptors (Lipinski definition) is 4. The number of carboxylic acid groups (broad SMARTS) is 1. The molecule has 4 N–H and O–H groups in total. The van der Waals surface area contributed by atoms with Gasteiger partial charge in [-0.15, -0.1) is 11.8 Å². The summed E-state index contributed by atoms with van der Waals surface area (Å²) in [6.45, 7) is 2.26. The smallest absolute Gasteiger partial charge is 0.337 e. The minimum atomic E-state index is -1.23. The van der Waals surface area contributed by atoms with Gasteiger partial charge in [-0.25, -0.2) is 9.18 Å². The van der Waals surface area contributed by atoms with Crippen molar-refractivity contribution in [1.82, 2.24) is 5.32 Å². The molecule has 0 bridgehead atoms. The number of benzene rings is 1. The second-order valence-electron chi connectivity index (χ2n) is 3.42. The van der Waals surface area contributed by atoms with E-state index >= 15 is 0 Å². The van der Waals surface area contributed by atoms with Crippen molar-refractivity contribution in [3.05, 3.63) is 23.5 Å². The minimum Gasteiger partial charge on any atom is -0.478 e. The molecule has 0 aliphatic rings. The number of carbonyl (C=O) groups excluding carboxylic acids is 1. The number of anilines is 1. The van der Waals surface area contributed by atoms with Crippen molar-refractivity contribution in [2.24, 2.45) is 0 Å². The molecule has 0 aliphatic carbocycles. The molecule has 0 aromatic heterocycles. The average Bonchev–Trinajstić information content (AvgIpc) is 2.27. The van der Waals surface area contributed by atoms with Gasteiger partial charge in [0.2, 0.25) is 5.91 Å². The van der Waals surface area contributed by atoms with Crippen LogP contribution in [0.15, 0.2) is 17.0 Å². The maximum absolute atomic E-state index is 13.5. The van der Waals surface area contributed by atoms with E-state index in [1.165, 1.54) is 0 Å². The van der Waals surface area contributed by atoms with Gasteiger partial charge in [0.05, 0.1) is 11.3 Å². The van der Waals surface area contributed by atoms with Gasteiger partial charge in [0.1, 0.15) is 5.82 Å². The van der Waals surface area contributed by atoms with Crippen LogP contribution >= 0.6 is 11.8 Å². The Labute approximate surface area is 108 Å². The molecule has 1 amide bonds. The Morgan fingerprint density at radius 2 is 2.17 bits per heavy atom. The Kier molecular flexibility index (Phi) is 4.96. The summed E-state index contributed by atoms with van der Waals surface area (Å²) in [6, 6.07) is 2.08. The van der Waals surface area contributed by atoms with Gasteiger partial charge >= 0.3 is 5.97 Å². The number of halogens is 1. The van der Waals surface area contributed by atoms with Crippen molar-refractivity contribution in [3.63, 3.8) is 0 Å². The first-order valence-electron chi connectivity index (χ1n) is 5.17. The molecule has 0 aliphatic heterocycles. The third-order valence-electron chi connectivity index (χ3n) is 2.07. The van der Waals surface area contributed by atoms with Crippen molar-refractivity contribution in [3.8, 4) is 0 Å². The Morgan fingerprint density at radius 3 is 2.72 bits per heavy atom. The van der Waals surface area contributed by atoms with Gasteiger partial charge in [-0.05, 0) is 19.1 Å². The number of hydrogen-bond donors (Lipinski definition) is 3. The fourth-order valence-corrected chi connectivity index (χ4v) is 2.04. The number of rotatable bonds is 5. The van der Waals surface area contributed by atoms with E-state index in [1.54, 1.807) is 6.92 Å². The highest BCUT2D eigenvalue weighted by atomic mass is 32.2. The fourth-order valence-electron chi connectivity index (χ4n) is 1.26. The molecule has 0 fully saturated rings. The summed E-state index contributed by atoms with van der Waals surface area (Å²) in [5, 5.41) is 11.4. The molecular weight excluding hydrogens is 259 g/mol. The van der Waals surface area contributed by atoms with Crippen LogP contribution in [0.25, 0.3) is 0 Å². The molecule has 1 aromatic carbocycles. The van der Waals surface area contributed by atoms with Gasteiger partial charge in [-0.3, -0.25) is 4.79 Å². The molecule has 0 unspecified atom stereocenters. The molecular formula is C11H13FN2O3S. The molecule has 1 aromatic rings. The van der Waals surface area contributed by atoms with E-state index in [2.05, 4.69) is 5.32 Å². The van der Waals surface area contributed by atoms with E-state index in [9.17, 15) is 14.0 Å². The molecule has 18 heavy (non-hydrogen) atoms. The lowest BCUT2D eigenvalue weighted by molar-refractivity contribution is -0.118. The third-order valence-corrected chi connectivity index (χ3v) is 3.10. The van der Waals surface area contributed by atoms with Crippen molar-refractivity contribution >= 4 is 29.3 Å². The molecule has 0 heterocycles. The topological polar surface area (TPSA) is 92.4 Å². The number of aromatic carboxylic acids is 1. The molecule has 1 rings (SSSR count). The lowest BCUT2D eigenvalue weighted by atomic mass is 10.2. The van der Waals surface area contributed by atoms with Gasteiger partial charge in [0.25, 0.3) is 0 Å². The predicted molar refractivity (Wildman–Crippen MR) is 67.2 cm³/mol. The molecule has 5 nitrogen and oxygen atoms in total. The highest BCUT2D eigenvalue weighted by molar-refractivity contribution is 8.00. The quantitative estimate of drug-likeness (QED) is 0.555. The predicted octanol–water partition coefficient (Wildman–Crippen LogP) is 1.33. The van der Waals surface area contributed by atoms with Gasteiger partial charge in [-0.2, -0.15) is 0 Å². The normalized spacial score (nSPS) is 10.1. The standard InChI is InChI=1S/C11H13FN2O3S/c1-2-14-10(15)5-18-9-3-6(11(16)17)8(13)4-7(9)12/h3-4H,2,5,13H2,1H3,(H,14,15)(H,16,17). The van der Waals surface area contributed by atoms with Crippen LogP contribution in [0.3, 0.4) is 0 Å². The second-order valence-corrected chi connectivity index (χ2v) is 4.43. The Balaban J connectivity index is 2.86. The third kappa shape index (κ3) is 3.63.